The van der Waals surface area contributed by atoms with Crippen molar-refractivity contribution in [3.05, 3.63) is 76.3 Å². The van der Waals surface area contributed by atoms with Gasteiger partial charge in [-0.15, -0.1) is 11.3 Å². The van der Waals surface area contributed by atoms with E-state index in [9.17, 15) is 18.8 Å². The normalized spacial score (nSPS) is 11.7. The second-order valence-electron chi connectivity index (χ2n) is 6.95. The van der Waals surface area contributed by atoms with Crippen LogP contribution in [0.1, 0.15) is 46.4 Å². The highest BCUT2D eigenvalue weighted by atomic mass is 32.1. The van der Waals surface area contributed by atoms with Crippen molar-refractivity contribution >= 4 is 28.9 Å². The quantitative estimate of drug-likeness (QED) is 0.472. The fourth-order valence-corrected chi connectivity index (χ4v) is 3.76. The second kappa shape index (κ2) is 10.6. The molecule has 0 aliphatic heterocycles. The largest absolute Gasteiger partial charge is 0.356 e. The van der Waals surface area contributed by atoms with Crippen LogP contribution in [0.3, 0.4) is 0 Å². The number of rotatable bonds is 10. The minimum Gasteiger partial charge on any atom is -0.356 e. The molecule has 3 aromatic rings. The number of halogens is 1. The van der Waals surface area contributed by atoms with Crippen LogP contribution < -0.4 is 10.6 Å². The highest BCUT2D eigenvalue weighted by Crippen LogP contribution is 2.21. The summed E-state index contributed by atoms with van der Waals surface area (Å²) in [6.45, 7) is 0.133. The minimum absolute atomic E-state index is 0.0425. The number of ketones is 1. The molecule has 2 heterocycles. The number of thiophene rings is 1. The third-order valence-electron chi connectivity index (χ3n) is 4.65. The predicted octanol–water partition coefficient (Wildman–Crippen LogP) is 3.00. The summed E-state index contributed by atoms with van der Waals surface area (Å²) in [6, 6.07) is 8.87. The third kappa shape index (κ3) is 6.32. The topological polar surface area (TPSA) is 93.1 Å². The van der Waals surface area contributed by atoms with Crippen LogP contribution in [0, 0.1) is 5.82 Å². The molecule has 2 N–H and O–H groups in total. The molecule has 2 amide bonds. The molecule has 0 aliphatic rings. The SMILES string of the molecule is Cn1ccnc1C(NC(=O)CCNC(=O)CCC(=O)c1cccs1)c1cccc(F)c1. The van der Waals surface area contributed by atoms with Gasteiger partial charge in [0.1, 0.15) is 17.7 Å². The van der Waals surface area contributed by atoms with E-state index in [0.717, 1.165) is 0 Å². The van der Waals surface area contributed by atoms with Gasteiger partial charge in [-0.2, -0.15) is 0 Å². The number of aryl methyl sites for hydroxylation is 1. The molecular formula is C22H23FN4O3S. The Kier molecular flexibility index (Phi) is 7.66. The van der Waals surface area contributed by atoms with Gasteiger partial charge in [0.05, 0.1) is 4.88 Å². The predicted molar refractivity (Wildman–Crippen MR) is 115 cm³/mol. The van der Waals surface area contributed by atoms with E-state index in [0.29, 0.717) is 16.3 Å². The Morgan fingerprint density at radius 1 is 1.13 bits per heavy atom. The minimum atomic E-state index is -0.623. The molecule has 1 atom stereocenters. The number of carbonyl (C=O) groups excluding carboxylic acids is 3. The Morgan fingerprint density at radius 2 is 1.97 bits per heavy atom. The molecule has 0 saturated heterocycles. The first-order chi connectivity index (χ1) is 14.9. The summed E-state index contributed by atoms with van der Waals surface area (Å²) in [7, 11) is 1.79. The van der Waals surface area contributed by atoms with Gasteiger partial charge in [-0.25, -0.2) is 9.37 Å². The van der Waals surface area contributed by atoms with Gasteiger partial charge in [0.2, 0.25) is 11.8 Å². The van der Waals surface area contributed by atoms with E-state index in [2.05, 4.69) is 15.6 Å². The zero-order valence-corrected chi connectivity index (χ0v) is 17.8. The van der Waals surface area contributed by atoms with Gasteiger partial charge < -0.3 is 15.2 Å². The number of Topliss-reactive ketones (excluding diaryl/α,β-unsaturated/α-hetero) is 1. The third-order valence-corrected chi connectivity index (χ3v) is 5.56. The Morgan fingerprint density at radius 3 is 2.65 bits per heavy atom. The summed E-state index contributed by atoms with van der Waals surface area (Å²) in [6.07, 6.45) is 3.58. The Bertz CT molecular complexity index is 1050. The van der Waals surface area contributed by atoms with Crippen LogP contribution in [0.5, 0.6) is 0 Å². The maximum absolute atomic E-state index is 13.7. The average molecular weight is 443 g/mol. The molecule has 0 bridgehead atoms. The van der Waals surface area contributed by atoms with Crippen LogP contribution in [0.15, 0.2) is 54.2 Å². The van der Waals surface area contributed by atoms with Crippen LogP contribution in [0.4, 0.5) is 4.39 Å². The molecule has 0 aliphatic carbocycles. The fourth-order valence-electron chi connectivity index (χ4n) is 3.06. The first-order valence-electron chi connectivity index (χ1n) is 9.79. The van der Waals surface area contributed by atoms with E-state index in [1.54, 1.807) is 48.3 Å². The summed E-state index contributed by atoms with van der Waals surface area (Å²) in [5.74, 6) is -0.517. The van der Waals surface area contributed by atoms with Gasteiger partial charge in [0.15, 0.2) is 5.78 Å². The number of carbonyl (C=O) groups is 3. The number of hydrogen-bond acceptors (Lipinski definition) is 5. The van der Waals surface area contributed by atoms with E-state index < -0.39 is 11.9 Å². The number of imidazole rings is 1. The van der Waals surface area contributed by atoms with Crippen LogP contribution in [-0.2, 0) is 16.6 Å². The number of hydrogen-bond donors (Lipinski definition) is 2. The molecule has 0 radical (unpaired) electrons. The lowest BCUT2D eigenvalue weighted by Gasteiger charge is -2.19. The zero-order valence-electron chi connectivity index (χ0n) is 17.0. The van der Waals surface area contributed by atoms with E-state index >= 15 is 0 Å². The van der Waals surface area contributed by atoms with Crippen LogP contribution in [0.2, 0.25) is 0 Å². The molecule has 31 heavy (non-hydrogen) atoms. The number of amides is 2. The second-order valence-corrected chi connectivity index (χ2v) is 7.90. The number of nitrogens with zero attached hydrogens (tertiary/aromatic N) is 2. The van der Waals surface area contributed by atoms with Gasteiger partial charge in [-0.1, -0.05) is 18.2 Å². The highest BCUT2D eigenvalue weighted by molar-refractivity contribution is 7.12. The molecule has 1 unspecified atom stereocenters. The van der Waals surface area contributed by atoms with Crippen molar-refractivity contribution in [2.75, 3.05) is 6.54 Å². The van der Waals surface area contributed by atoms with Crippen molar-refractivity contribution < 1.29 is 18.8 Å². The summed E-state index contributed by atoms with van der Waals surface area (Å²) < 4.78 is 15.5. The van der Waals surface area contributed by atoms with Crippen LogP contribution in [-0.4, -0.2) is 33.7 Å². The monoisotopic (exact) mass is 442 g/mol. The molecule has 162 valence electrons. The van der Waals surface area contributed by atoms with Gasteiger partial charge in [-0.3, -0.25) is 14.4 Å². The van der Waals surface area contributed by atoms with Crippen molar-refractivity contribution in [3.8, 4) is 0 Å². The van der Waals surface area contributed by atoms with Crippen molar-refractivity contribution in [2.45, 2.75) is 25.3 Å². The average Bonchev–Trinajstić information content (AvgIpc) is 3.42. The van der Waals surface area contributed by atoms with Gasteiger partial charge >= 0.3 is 0 Å². The van der Waals surface area contributed by atoms with E-state index in [1.165, 1.54) is 23.5 Å². The van der Waals surface area contributed by atoms with Gasteiger partial charge in [0.25, 0.3) is 0 Å². The fraction of sp³-hybridized carbons (Fsp3) is 0.273. The van der Waals surface area contributed by atoms with Crippen molar-refractivity contribution in [1.29, 1.82) is 0 Å². The summed E-state index contributed by atoms with van der Waals surface area (Å²) in [5, 5.41) is 7.32. The van der Waals surface area contributed by atoms with Gasteiger partial charge in [0, 0.05) is 45.2 Å². The van der Waals surface area contributed by atoms with Crippen molar-refractivity contribution in [2.24, 2.45) is 7.05 Å². The highest BCUT2D eigenvalue weighted by Gasteiger charge is 2.21. The lowest BCUT2D eigenvalue weighted by Crippen LogP contribution is -2.34. The molecule has 0 spiro atoms. The smallest absolute Gasteiger partial charge is 0.222 e. The van der Waals surface area contributed by atoms with Crippen LogP contribution >= 0.6 is 11.3 Å². The van der Waals surface area contributed by atoms with Crippen molar-refractivity contribution in [1.82, 2.24) is 20.2 Å². The van der Waals surface area contributed by atoms with Crippen LogP contribution in [0.25, 0.3) is 0 Å². The molecule has 0 fully saturated rings. The molecular weight excluding hydrogens is 419 g/mol. The first kappa shape index (κ1) is 22.4. The molecule has 9 heteroatoms. The maximum atomic E-state index is 13.7. The standard InChI is InChI=1S/C22H23FN4O3S/c1-27-12-11-25-22(27)21(15-4-2-5-16(23)14-15)26-20(30)9-10-24-19(29)8-7-17(28)18-6-3-13-31-18/h2-6,11-14,21H,7-10H2,1H3,(H,24,29)(H,26,30). The Balaban J connectivity index is 1.50. The molecule has 0 saturated carbocycles. The summed E-state index contributed by atoms with van der Waals surface area (Å²) in [5.41, 5.74) is 0.568. The van der Waals surface area contributed by atoms with E-state index in [1.807, 2.05) is 5.38 Å². The summed E-state index contributed by atoms with van der Waals surface area (Å²) >= 11 is 1.34. The lowest BCUT2D eigenvalue weighted by atomic mass is 10.1. The molecule has 3 rings (SSSR count). The van der Waals surface area contributed by atoms with Crippen molar-refractivity contribution in [3.63, 3.8) is 0 Å². The molecule has 1 aromatic carbocycles. The molecule has 2 aromatic heterocycles. The Labute approximate surface area is 183 Å². The van der Waals surface area contributed by atoms with Gasteiger partial charge in [-0.05, 0) is 29.1 Å². The van der Waals surface area contributed by atoms with E-state index in [-0.39, 0.29) is 43.4 Å². The Hall–Kier alpha value is -3.33. The number of aromatic nitrogens is 2. The summed E-state index contributed by atoms with van der Waals surface area (Å²) in [4.78, 5) is 41.3. The van der Waals surface area contributed by atoms with E-state index in [4.69, 9.17) is 0 Å². The maximum Gasteiger partial charge on any atom is 0.222 e. The lowest BCUT2D eigenvalue weighted by molar-refractivity contribution is -0.122. The zero-order chi connectivity index (χ0) is 22.2. The first-order valence-corrected chi connectivity index (χ1v) is 10.7. The number of benzene rings is 1. The number of nitrogens with one attached hydrogen (secondary N) is 2. The molecule has 7 nitrogen and oxygen atoms in total.